The smallest absolute Gasteiger partial charge is 0.0850 e. The minimum absolute atomic E-state index is 0.115. The summed E-state index contributed by atoms with van der Waals surface area (Å²) in [5, 5.41) is 0. The standard InChI is InChI=1S/C11H24N2O2/c1-3-6-14-7-4-13-5-8-15-11(9-13)10(2)12/h10-11H,3-9,12H2,1-2H3. The van der Waals surface area contributed by atoms with E-state index < -0.39 is 0 Å². The van der Waals surface area contributed by atoms with E-state index in [-0.39, 0.29) is 12.1 Å². The molecule has 15 heavy (non-hydrogen) atoms. The highest BCUT2D eigenvalue weighted by Crippen LogP contribution is 2.07. The van der Waals surface area contributed by atoms with Crippen LogP contribution >= 0.6 is 0 Å². The molecule has 1 heterocycles. The summed E-state index contributed by atoms with van der Waals surface area (Å²) in [6, 6.07) is 0.115. The molecule has 90 valence electrons. The van der Waals surface area contributed by atoms with Gasteiger partial charge >= 0.3 is 0 Å². The lowest BCUT2D eigenvalue weighted by atomic mass is 10.1. The van der Waals surface area contributed by atoms with Gasteiger partial charge in [-0.05, 0) is 13.3 Å². The quantitative estimate of drug-likeness (QED) is 0.655. The van der Waals surface area contributed by atoms with Crippen molar-refractivity contribution in [3.63, 3.8) is 0 Å². The van der Waals surface area contributed by atoms with Gasteiger partial charge in [-0.15, -0.1) is 0 Å². The summed E-state index contributed by atoms with van der Waals surface area (Å²) in [6.07, 6.45) is 1.27. The van der Waals surface area contributed by atoms with Gasteiger partial charge < -0.3 is 15.2 Å². The van der Waals surface area contributed by atoms with E-state index >= 15 is 0 Å². The Morgan fingerprint density at radius 3 is 3.00 bits per heavy atom. The molecule has 0 aromatic rings. The van der Waals surface area contributed by atoms with E-state index in [0.29, 0.717) is 0 Å². The van der Waals surface area contributed by atoms with E-state index in [1.54, 1.807) is 0 Å². The Morgan fingerprint density at radius 1 is 1.53 bits per heavy atom. The zero-order valence-electron chi connectivity index (χ0n) is 9.95. The number of rotatable bonds is 6. The predicted molar refractivity (Wildman–Crippen MR) is 60.9 cm³/mol. The molecule has 0 aromatic heterocycles. The first-order valence-electron chi connectivity index (χ1n) is 5.91. The summed E-state index contributed by atoms with van der Waals surface area (Å²) in [7, 11) is 0. The monoisotopic (exact) mass is 216 g/mol. The first-order chi connectivity index (χ1) is 7.24. The molecule has 1 aliphatic heterocycles. The van der Waals surface area contributed by atoms with E-state index in [1.807, 2.05) is 6.92 Å². The maximum Gasteiger partial charge on any atom is 0.0850 e. The van der Waals surface area contributed by atoms with Crippen LogP contribution in [0.1, 0.15) is 20.3 Å². The van der Waals surface area contributed by atoms with Crippen LogP contribution in [0.4, 0.5) is 0 Å². The van der Waals surface area contributed by atoms with Gasteiger partial charge in [0.1, 0.15) is 0 Å². The molecule has 1 rings (SSSR count). The number of ether oxygens (including phenoxy) is 2. The van der Waals surface area contributed by atoms with Gasteiger partial charge in [-0.25, -0.2) is 0 Å². The second kappa shape index (κ2) is 7.17. The molecule has 0 amide bonds. The number of nitrogens with zero attached hydrogens (tertiary/aromatic N) is 1. The van der Waals surface area contributed by atoms with E-state index in [0.717, 1.165) is 45.9 Å². The molecule has 2 atom stereocenters. The Kier molecular flexibility index (Phi) is 6.17. The molecule has 1 aliphatic rings. The third-order valence-electron chi connectivity index (χ3n) is 2.66. The summed E-state index contributed by atoms with van der Waals surface area (Å²) < 4.78 is 11.1. The SMILES string of the molecule is CCCOCCN1CCOC(C(C)N)C1. The van der Waals surface area contributed by atoms with E-state index in [9.17, 15) is 0 Å². The van der Waals surface area contributed by atoms with Crippen molar-refractivity contribution in [2.75, 3.05) is 39.5 Å². The highest BCUT2D eigenvalue weighted by atomic mass is 16.5. The third kappa shape index (κ3) is 4.93. The van der Waals surface area contributed by atoms with Crippen molar-refractivity contribution in [1.29, 1.82) is 0 Å². The van der Waals surface area contributed by atoms with Gasteiger partial charge in [-0.2, -0.15) is 0 Å². The molecular weight excluding hydrogens is 192 g/mol. The first kappa shape index (κ1) is 12.9. The van der Waals surface area contributed by atoms with Crippen molar-refractivity contribution in [1.82, 2.24) is 4.90 Å². The Morgan fingerprint density at radius 2 is 2.33 bits per heavy atom. The summed E-state index contributed by atoms with van der Waals surface area (Å²) in [5.41, 5.74) is 5.82. The molecule has 2 unspecified atom stereocenters. The molecule has 1 fully saturated rings. The van der Waals surface area contributed by atoms with Gasteiger partial charge in [0.05, 0.1) is 19.3 Å². The molecule has 0 aliphatic carbocycles. The highest BCUT2D eigenvalue weighted by molar-refractivity contribution is 4.77. The zero-order chi connectivity index (χ0) is 11.1. The summed E-state index contributed by atoms with van der Waals surface area (Å²) in [6.45, 7) is 9.53. The van der Waals surface area contributed by atoms with Crippen LogP contribution in [0, 0.1) is 0 Å². The van der Waals surface area contributed by atoms with Gasteiger partial charge in [-0.1, -0.05) is 6.92 Å². The van der Waals surface area contributed by atoms with Crippen LogP contribution < -0.4 is 5.73 Å². The fraction of sp³-hybridized carbons (Fsp3) is 1.00. The Labute approximate surface area is 92.7 Å². The van der Waals surface area contributed by atoms with Crippen LogP contribution in [0.15, 0.2) is 0 Å². The molecule has 0 bridgehead atoms. The molecule has 0 saturated carbocycles. The largest absolute Gasteiger partial charge is 0.380 e. The summed E-state index contributed by atoms with van der Waals surface area (Å²) in [5.74, 6) is 0. The van der Waals surface area contributed by atoms with Crippen molar-refractivity contribution in [2.24, 2.45) is 5.73 Å². The minimum Gasteiger partial charge on any atom is -0.380 e. The average Bonchev–Trinajstić information content (AvgIpc) is 2.25. The maximum atomic E-state index is 5.82. The van der Waals surface area contributed by atoms with E-state index in [2.05, 4.69) is 11.8 Å². The van der Waals surface area contributed by atoms with E-state index in [4.69, 9.17) is 15.2 Å². The molecule has 0 aromatic carbocycles. The van der Waals surface area contributed by atoms with Crippen molar-refractivity contribution < 1.29 is 9.47 Å². The first-order valence-corrected chi connectivity index (χ1v) is 5.91. The number of hydrogen-bond donors (Lipinski definition) is 1. The lowest BCUT2D eigenvalue weighted by Gasteiger charge is -2.34. The molecule has 4 nitrogen and oxygen atoms in total. The zero-order valence-corrected chi connectivity index (χ0v) is 9.95. The lowest BCUT2D eigenvalue weighted by molar-refractivity contribution is -0.0444. The molecule has 2 N–H and O–H groups in total. The Balaban J connectivity index is 2.13. The fourth-order valence-electron chi connectivity index (χ4n) is 1.69. The number of morpholine rings is 1. The summed E-state index contributed by atoms with van der Waals surface area (Å²) >= 11 is 0. The van der Waals surface area contributed by atoms with Crippen molar-refractivity contribution in [3.05, 3.63) is 0 Å². The number of hydrogen-bond acceptors (Lipinski definition) is 4. The van der Waals surface area contributed by atoms with Crippen LogP contribution in [-0.4, -0.2) is 56.5 Å². The maximum absolute atomic E-state index is 5.82. The second-order valence-corrected chi connectivity index (χ2v) is 4.18. The molecule has 1 saturated heterocycles. The Hall–Kier alpha value is -0.160. The van der Waals surface area contributed by atoms with Crippen LogP contribution in [-0.2, 0) is 9.47 Å². The van der Waals surface area contributed by atoms with Crippen molar-refractivity contribution >= 4 is 0 Å². The average molecular weight is 216 g/mol. The topological polar surface area (TPSA) is 47.7 Å². The van der Waals surface area contributed by atoms with Gasteiger partial charge in [0.15, 0.2) is 0 Å². The van der Waals surface area contributed by atoms with Gasteiger partial charge in [0.25, 0.3) is 0 Å². The lowest BCUT2D eigenvalue weighted by Crippen LogP contribution is -2.50. The fourth-order valence-corrected chi connectivity index (χ4v) is 1.69. The van der Waals surface area contributed by atoms with Gasteiger partial charge in [0, 0.05) is 32.3 Å². The van der Waals surface area contributed by atoms with Crippen LogP contribution in [0.25, 0.3) is 0 Å². The summed E-state index contributed by atoms with van der Waals surface area (Å²) in [4.78, 5) is 2.37. The second-order valence-electron chi connectivity index (χ2n) is 4.18. The van der Waals surface area contributed by atoms with E-state index in [1.165, 1.54) is 0 Å². The molecule has 0 spiro atoms. The van der Waals surface area contributed by atoms with Crippen LogP contribution in [0.5, 0.6) is 0 Å². The predicted octanol–water partition coefficient (Wildman–Crippen LogP) is 0.461. The highest BCUT2D eigenvalue weighted by Gasteiger charge is 2.22. The van der Waals surface area contributed by atoms with Gasteiger partial charge in [0.2, 0.25) is 0 Å². The van der Waals surface area contributed by atoms with Crippen LogP contribution in [0.2, 0.25) is 0 Å². The van der Waals surface area contributed by atoms with Crippen molar-refractivity contribution in [2.45, 2.75) is 32.4 Å². The number of nitrogens with two attached hydrogens (primary N) is 1. The third-order valence-corrected chi connectivity index (χ3v) is 2.66. The Bertz CT molecular complexity index is 165. The molecular formula is C11H24N2O2. The molecule has 4 heteroatoms. The van der Waals surface area contributed by atoms with Gasteiger partial charge in [-0.3, -0.25) is 4.90 Å². The van der Waals surface area contributed by atoms with Crippen molar-refractivity contribution in [3.8, 4) is 0 Å². The normalized spacial score (nSPS) is 25.4. The molecule has 0 radical (unpaired) electrons. The van der Waals surface area contributed by atoms with Crippen LogP contribution in [0.3, 0.4) is 0 Å². The minimum atomic E-state index is 0.115.